The Morgan fingerprint density at radius 2 is 1.84 bits per heavy atom. The summed E-state index contributed by atoms with van der Waals surface area (Å²) in [5, 5.41) is 6.18. The van der Waals surface area contributed by atoms with Crippen molar-refractivity contribution in [2.75, 3.05) is 18.4 Å². The third kappa shape index (κ3) is 5.38. The van der Waals surface area contributed by atoms with Gasteiger partial charge in [-0.1, -0.05) is 19.3 Å². The van der Waals surface area contributed by atoms with Crippen molar-refractivity contribution < 1.29 is 4.79 Å². The molecule has 0 heterocycles. The molecule has 0 aromatic heterocycles. The van der Waals surface area contributed by atoms with E-state index < -0.39 is 0 Å². The van der Waals surface area contributed by atoms with Crippen molar-refractivity contribution in [1.82, 2.24) is 5.32 Å². The monoisotopic (exact) mass is 372 g/mol. The summed E-state index contributed by atoms with van der Waals surface area (Å²) in [5.74, 6) is 0.778. The van der Waals surface area contributed by atoms with Gasteiger partial charge in [0.15, 0.2) is 0 Å². The van der Waals surface area contributed by atoms with Gasteiger partial charge in [0.1, 0.15) is 0 Å². The molecule has 1 amide bonds. The third-order valence-corrected chi connectivity index (χ3v) is 4.33. The molecule has 0 bridgehead atoms. The Morgan fingerprint density at radius 3 is 2.53 bits per heavy atom. The summed E-state index contributed by atoms with van der Waals surface area (Å²) >= 11 is 2.27. The minimum atomic E-state index is 0.0872. The van der Waals surface area contributed by atoms with Crippen LogP contribution in [-0.4, -0.2) is 19.0 Å². The molecule has 1 aromatic rings. The molecule has 0 unspecified atom stereocenters. The van der Waals surface area contributed by atoms with Crippen LogP contribution in [-0.2, 0) is 4.79 Å². The van der Waals surface area contributed by atoms with E-state index in [0.717, 1.165) is 12.2 Å². The maximum absolute atomic E-state index is 11.8. The van der Waals surface area contributed by atoms with Crippen molar-refractivity contribution in [3.05, 3.63) is 27.8 Å². The third-order valence-electron chi connectivity index (χ3n) is 3.61. The van der Waals surface area contributed by atoms with Gasteiger partial charge in [-0.25, -0.2) is 0 Å². The van der Waals surface area contributed by atoms with Gasteiger partial charge in [0, 0.05) is 15.8 Å². The minimum absolute atomic E-state index is 0.0872. The lowest BCUT2D eigenvalue weighted by Crippen LogP contribution is -2.34. The molecule has 3 nitrogen and oxygen atoms in total. The Labute approximate surface area is 128 Å². The Kier molecular flexibility index (Phi) is 5.94. The molecule has 0 radical (unpaired) electrons. The van der Waals surface area contributed by atoms with E-state index in [1.165, 1.54) is 35.7 Å². The fourth-order valence-electron chi connectivity index (χ4n) is 2.46. The number of carbonyl (C=O) groups is 1. The molecular formula is C15H21IN2O. The molecule has 1 aliphatic carbocycles. The largest absolute Gasteiger partial charge is 0.376 e. The van der Waals surface area contributed by atoms with Crippen LogP contribution in [0, 0.1) is 9.49 Å². The van der Waals surface area contributed by atoms with E-state index >= 15 is 0 Å². The van der Waals surface area contributed by atoms with Crippen LogP contribution in [0.25, 0.3) is 0 Å². The average molecular weight is 372 g/mol. The minimum Gasteiger partial charge on any atom is -0.376 e. The van der Waals surface area contributed by atoms with Crippen molar-refractivity contribution in [1.29, 1.82) is 0 Å². The number of anilines is 1. The van der Waals surface area contributed by atoms with Gasteiger partial charge in [-0.05, 0) is 65.6 Å². The standard InChI is InChI=1S/C15H21IN2O/c16-13-6-8-14(9-7-13)17-11-15(19)18-10-12-4-2-1-3-5-12/h6-9,12,17H,1-5,10-11H2,(H,18,19). The first-order chi connectivity index (χ1) is 9.24. The second-order valence-electron chi connectivity index (χ2n) is 5.17. The number of hydrogen-bond donors (Lipinski definition) is 2. The van der Waals surface area contributed by atoms with Crippen LogP contribution < -0.4 is 10.6 Å². The van der Waals surface area contributed by atoms with E-state index in [0.29, 0.717) is 12.5 Å². The highest BCUT2D eigenvalue weighted by Gasteiger charge is 2.13. The molecular weight excluding hydrogens is 351 g/mol. The predicted octanol–water partition coefficient (Wildman–Crippen LogP) is 3.40. The molecule has 2 rings (SSSR count). The Morgan fingerprint density at radius 1 is 1.16 bits per heavy atom. The van der Waals surface area contributed by atoms with Crippen LogP contribution in [0.1, 0.15) is 32.1 Å². The summed E-state index contributed by atoms with van der Waals surface area (Å²) < 4.78 is 1.20. The van der Waals surface area contributed by atoms with Crippen LogP contribution in [0.2, 0.25) is 0 Å². The Hall–Kier alpha value is -0.780. The zero-order chi connectivity index (χ0) is 13.5. The molecule has 1 aliphatic rings. The quantitative estimate of drug-likeness (QED) is 0.778. The second kappa shape index (κ2) is 7.72. The molecule has 104 valence electrons. The van der Waals surface area contributed by atoms with Crippen LogP contribution in [0.5, 0.6) is 0 Å². The van der Waals surface area contributed by atoms with Gasteiger partial charge in [0.2, 0.25) is 5.91 Å². The van der Waals surface area contributed by atoms with Crippen LogP contribution in [0.3, 0.4) is 0 Å². The van der Waals surface area contributed by atoms with Gasteiger partial charge >= 0.3 is 0 Å². The number of hydrogen-bond acceptors (Lipinski definition) is 2. The first-order valence-corrected chi connectivity index (χ1v) is 8.08. The summed E-state index contributed by atoms with van der Waals surface area (Å²) in [6.07, 6.45) is 6.54. The zero-order valence-corrected chi connectivity index (χ0v) is 13.3. The Balaban J connectivity index is 1.65. The number of rotatable bonds is 5. The molecule has 4 heteroatoms. The van der Waals surface area contributed by atoms with Crippen molar-refractivity contribution in [3.8, 4) is 0 Å². The van der Waals surface area contributed by atoms with E-state index in [4.69, 9.17) is 0 Å². The molecule has 2 N–H and O–H groups in total. The van der Waals surface area contributed by atoms with Crippen LogP contribution in [0.4, 0.5) is 5.69 Å². The van der Waals surface area contributed by atoms with E-state index in [2.05, 4.69) is 33.2 Å². The number of nitrogens with one attached hydrogen (secondary N) is 2. The number of amides is 1. The predicted molar refractivity (Wildman–Crippen MR) is 87.2 cm³/mol. The van der Waals surface area contributed by atoms with Gasteiger partial charge in [-0.3, -0.25) is 4.79 Å². The van der Waals surface area contributed by atoms with Crippen LogP contribution >= 0.6 is 22.6 Å². The fourth-order valence-corrected chi connectivity index (χ4v) is 2.82. The van der Waals surface area contributed by atoms with E-state index in [9.17, 15) is 4.79 Å². The summed E-state index contributed by atoms with van der Waals surface area (Å²) in [4.78, 5) is 11.8. The molecule has 0 saturated heterocycles. The number of halogens is 1. The molecule has 1 fully saturated rings. The topological polar surface area (TPSA) is 41.1 Å². The van der Waals surface area contributed by atoms with Gasteiger partial charge in [0.25, 0.3) is 0 Å². The molecule has 1 saturated carbocycles. The highest BCUT2D eigenvalue weighted by atomic mass is 127. The number of carbonyl (C=O) groups excluding carboxylic acids is 1. The molecule has 19 heavy (non-hydrogen) atoms. The van der Waals surface area contributed by atoms with Crippen LogP contribution in [0.15, 0.2) is 24.3 Å². The summed E-state index contributed by atoms with van der Waals surface area (Å²) in [6, 6.07) is 8.05. The number of benzene rings is 1. The SMILES string of the molecule is O=C(CNc1ccc(I)cc1)NCC1CCCCC1. The lowest BCUT2D eigenvalue weighted by molar-refractivity contribution is -0.119. The summed E-state index contributed by atoms with van der Waals surface area (Å²) in [7, 11) is 0. The second-order valence-corrected chi connectivity index (χ2v) is 6.41. The zero-order valence-electron chi connectivity index (χ0n) is 11.1. The van der Waals surface area contributed by atoms with Gasteiger partial charge in [-0.2, -0.15) is 0 Å². The average Bonchev–Trinajstić information content (AvgIpc) is 2.45. The molecule has 0 atom stereocenters. The molecule has 1 aromatic carbocycles. The van der Waals surface area contributed by atoms with Crippen molar-refractivity contribution in [2.45, 2.75) is 32.1 Å². The lowest BCUT2D eigenvalue weighted by atomic mass is 9.89. The van der Waals surface area contributed by atoms with E-state index in [1.54, 1.807) is 0 Å². The maximum Gasteiger partial charge on any atom is 0.239 e. The van der Waals surface area contributed by atoms with Gasteiger partial charge in [-0.15, -0.1) is 0 Å². The first kappa shape index (κ1) is 14.6. The van der Waals surface area contributed by atoms with Gasteiger partial charge < -0.3 is 10.6 Å². The van der Waals surface area contributed by atoms with Crippen molar-refractivity contribution >= 4 is 34.2 Å². The summed E-state index contributed by atoms with van der Waals surface area (Å²) in [5.41, 5.74) is 0.994. The normalized spacial score (nSPS) is 16.1. The van der Waals surface area contributed by atoms with E-state index in [-0.39, 0.29) is 5.91 Å². The highest BCUT2D eigenvalue weighted by Crippen LogP contribution is 2.22. The maximum atomic E-state index is 11.8. The first-order valence-electron chi connectivity index (χ1n) is 7.00. The smallest absolute Gasteiger partial charge is 0.239 e. The lowest BCUT2D eigenvalue weighted by Gasteiger charge is -2.21. The Bertz CT molecular complexity index is 399. The molecule has 0 spiro atoms. The summed E-state index contributed by atoms with van der Waals surface area (Å²) in [6.45, 7) is 1.19. The fraction of sp³-hybridized carbons (Fsp3) is 0.533. The van der Waals surface area contributed by atoms with Gasteiger partial charge in [0.05, 0.1) is 6.54 Å². The van der Waals surface area contributed by atoms with Crippen molar-refractivity contribution in [2.24, 2.45) is 5.92 Å². The van der Waals surface area contributed by atoms with E-state index in [1.807, 2.05) is 24.3 Å². The highest BCUT2D eigenvalue weighted by molar-refractivity contribution is 14.1. The molecule has 0 aliphatic heterocycles. The van der Waals surface area contributed by atoms with Crippen molar-refractivity contribution in [3.63, 3.8) is 0 Å².